The van der Waals surface area contributed by atoms with E-state index in [9.17, 15) is 4.79 Å². The van der Waals surface area contributed by atoms with Crippen molar-refractivity contribution in [3.8, 4) is 11.4 Å². The summed E-state index contributed by atoms with van der Waals surface area (Å²) in [5.41, 5.74) is 1.09. The predicted molar refractivity (Wildman–Crippen MR) is 92.3 cm³/mol. The average Bonchev–Trinajstić information content (AvgIpc) is 3.07. The monoisotopic (exact) mass is 324 g/mol. The molecule has 5 nitrogen and oxygen atoms in total. The van der Waals surface area contributed by atoms with Crippen molar-refractivity contribution in [2.45, 2.75) is 58.2 Å². The van der Waals surface area contributed by atoms with Crippen LogP contribution in [-0.4, -0.2) is 37.7 Å². The van der Waals surface area contributed by atoms with Gasteiger partial charge in [0.05, 0.1) is 6.04 Å². The van der Waals surface area contributed by atoms with E-state index in [4.69, 9.17) is 0 Å². The predicted octanol–water partition coefficient (Wildman–Crippen LogP) is 2.91. The summed E-state index contributed by atoms with van der Waals surface area (Å²) in [5.74, 6) is 2.65. The maximum absolute atomic E-state index is 12.7. The molecule has 1 amide bonds. The van der Waals surface area contributed by atoms with Gasteiger partial charge in [0.2, 0.25) is 5.91 Å². The first-order valence-electron chi connectivity index (χ1n) is 8.92. The molecule has 0 saturated carbocycles. The number of carbonyl (C=O) groups excluding carboxylic acids is 1. The van der Waals surface area contributed by atoms with Gasteiger partial charge in [0.1, 0.15) is 5.82 Å². The Morgan fingerprint density at radius 3 is 2.67 bits per heavy atom. The average molecular weight is 324 g/mol. The molecular formula is C19H24N4O. The van der Waals surface area contributed by atoms with Crippen LogP contribution in [-0.2, 0) is 17.8 Å². The zero-order chi connectivity index (χ0) is 16.7. The topological polar surface area (TPSA) is 51.0 Å². The summed E-state index contributed by atoms with van der Waals surface area (Å²) in [7, 11) is 0. The molecule has 0 radical (unpaired) electrons. The highest BCUT2D eigenvalue weighted by Gasteiger charge is 2.40. The van der Waals surface area contributed by atoms with E-state index in [0.29, 0.717) is 18.2 Å². The first kappa shape index (κ1) is 15.4. The van der Waals surface area contributed by atoms with Gasteiger partial charge < -0.3 is 9.47 Å². The molecule has 2 atom stereocenters. The fourth-order valence-corrected chi connectivity index (χ4v) is 4.10. The standard InChI is InChI=1S/C19H24N4O/c1-13(2)10-18(24)23-15-8-9-16(23)12-22-17(11-15)20-21-19(22)14-6-4-3-5-7-14/h3-7,13,15-16H,8-12H2,1-2H3. The van der Waals surface area contributed by atoms with Crippen LogP contribution in [0.2, 0.25) is 0 Å². The third-order valence-electron chi connectivity index (χ3n) is 5.16. The van der Waals surface area contributed by atoms with Crippen molar-refractivity contribution in [2.24, 2.45) is 5.92 Å². The number of carbonyl (C=O) groups is 1. The summed E-state index contributed by atoms with van der Waals surface area (Å²) in [4.78, 5) is 14.9. The maximum Gasteiger partial charge on any atom is 0.223 e. The lowest BCUT2D eigenvalue weighted by Gasteiger charge is -2.28. The van der Waals surface area contributed by atoms with Gasteiger partial charge in [0.25, 0.3) is 0 Å². The summed E-state index contributed by atoms with van der Waals surface area (Å²) in [5, 5.41) is 8.88. The van der Waals surface area contributed by atoms with Gasteiger partial charge in [-0.2, -0.15) is 0 Å². The fourth-order valence-electron chi connectivity index (χ4n) is 4.10. The molecule has 4 rings (SSSR count). The van der Waals surface area contributed by atoms with Crippen molar-refractivity contribution in [3.63, 3.8) is 0 Å². The third-order valence-corrected chi connectivity index (χ3v) is 5.16. The number of hydrogen-bond acceptors (Lipinski definition) is 3. The first-order chi connectivity index (χ1) is 11.6. The summed E-state index contributed by atoms with van der Waals surface area (Å²) in [6, 6.07) is 10.8. The van der Waals surface area contributed by atoms with E-state index in [1.165, 1.54) is 0 Å². The molecule has 0 N–H and O–H groups in total. The number of rotatable bonds is 3. The number of nitrogens with zero attached hydrogens (tertiary/aromatic N) is 4. The van der Waals surface area contributed by atoms with Gasteiger partial charge in [-0.3, -0.25) is 4.79 Å². The minimum atomic E-state index is 0.279. The zero-order valence-corrected chi connectivity index (χ0v) is 14.4. The van der Waals surface area contributed by atoms with Crippen LogP contribution in [0, 0.1) is 5.92 Å². The minimum absolute atomic E-state index is 0.279. The molecular weight excluding hydrogens is 300 g/mol. The van der Waals surface area contributed by atoms with Crippen molar-refractivity contribution in [3.05, 3.63) is 36.2 Å². The number of benzene rings is 1. The quantitative estimate of drug-likeness (QED) is 0.872. The lowest BCUT2D eigenvalue weighted by molar-refractivity contribution is -0.134. The van der Waals surface area contributed by atoms with E-state index >= 15 is 0 Å². The molecule has 24 heavy (non-hydrogen) atoms. The minimum Gasteiger partial charge on any atom is -0.334 e. The highest BCUT2D eigenvalue weighted by molar-refractivity contribution is 5.77. The normalized spacial score (nSPS) is 22.5. The van der Waals surface area contributed by atoms with Gasteiger partial charge in [0.15, 0.2) is 5.82 Å². The lowest BCUT2D eigenvalue weighted by atomic mass is 10.1. The smallest absolute Gasteiger partial charge is 0.223 e. The molecule has 2 aliphatic rings. The Bertz CT molecular complexity index is 737. The van der Waals surface area contributed by atoms with Crippen molar-refractivity contribution in [1.29, 1.82) is 0 Å². The molecule has 2 aliphatic heterocycles. The van der Waals surface area contributed by atoms with Gasteiger partial charge in [-0.1, -0.05) is 44.2 Å². The fraction of sp³-hybridized carbons (Fsp3) is 0.526. The summed E-state index contributed by atoms with van der Waals surface area (Å²) >= 11 is 0. The van der Waals surface area contributed by atoms with Gasteiger partial charge in [0, 0.05) is 31.0 Å². The zero-order valence-electron chi connectivity index (χ0n) is 14.4. The van der Waals surface area contributed by atoms with Crippen molar-refractivity contribution < 1.29 is 4.79 Å². The number of aromatic nitrogens is 3. The number of amides is 1. The largest absolute Gasteiger partial charge is 0.334 e. The first-order valence-corrected chi connectivity index (χ1v) is 8.92. The van der Waals surface area contributed by atoms with Crippen LogP contribution in [0.25, 0.3) is 11.4 Å². The van der Waals surface area contributed by atoms with Crippen molar-refractivity contribution >= 4 is 5.91 Å². The van der Waals surface area contributed by atoms with Crippen molar-refractivity contribution in [2.75, 3.05) is 0 Å². The second-order valence-corrected chi connectivity index (χ2v) is 7.40. The molecule has 0 aliphatic carbocycles. The Hall–Kier alpha value is -2.17. The van der Waals surface area contributed by atoms with E-state index in [1.54, 1.807) is 0 Å². The highest BCUT2D eigenvalue weighted by atomic mass is 16.2. The lowest BCUT2D eigenvalue weighted by Crippen LogP contribution is -2.42. The van der Waals surface area contributed by atoms with Gasteiger partial charge >= 0.3 is 0 Å². The Morgan fingerprint density at radius 1 is 1.17 bits per heavy atom. The van der Waals surface area contributed by atoms with E-state index < -0.39 is 0 Å². The van der Waals surface area contributed by atoms with Gasteiger partial charge in [-0.15, -0.1) is 10.2 Å². The van der Waals surface area contributed by atoms with Gasteiger partial charge in [-0.25, -0.2) is 0 Å². The molecule has 2 bridgehead atoms. The molecule has 1 aromatic heterocycles. The maximum atomic E-state index is 12.7. The second kappa shape index (κ2) is 6.04. The molecule has 1 fully saturated rings. The van der Waals surface area contributed by atoms with E-state index in [-0.39, 0.29) is 12.1 Å². The van der Waals surface area contributed by atoms with Crippen LogP contribution in [0.3, 0.4) is 0 Å². The summed E-state index contributed by atoms with van der Waals surface area (Å²) < 4.78 is 2.23. The van der Waals surface area contributed by atoms with Crippen LogP contribution in [0.5, 0.6) is 0 Å². The molecule has 1 aromatic carbocycles. The Kier molecular flexibility index (Phi) is 3.87. The van der Waals surface area contributed by atoms with E-state index in [0.717, 1.165) is 43.0 Å². The SMILES string of the molecule is CC(C)CC(=O)N1C2CCC1Cn1c(nnc1-c1ccccc1)C2. The van der Waals surface area contributed by atoms with E-state index in [2.05, 4.69) is 45.6 Å². The summed E-state index contributed by atoms with van der Waals surface area (Å²) in [6.07, 6.45) is 3.63. The number of hydrogen-bond donors (Lipinski definition) is 0. The van der Waals surface area contributed by atoms with Gasteiger partial charge in [-0.05, 0) is 18.8 Å². The van der Waals surface area contributed by atoms with Crippen LogP contribution in [0.15, 0.2) is 30.3 Å². The molecule has 126 valence electrons. The Balaban J connectivity index is 1.65. The Labute approximate surface area is 142 Å². The van der Waals surface area contributed by atoms with Crippen LogP contribution >= 0.6 is 0 Å². The molecule has 2 unspecified atom stereocenters. The molecule has 5 heteroatoms. The molecule has 1 saturated heterocycles. The van der Waals surface area contributed by atoms with Crippen LogP contribution in [0.4, 0.5) is 0 Å². The molecule has 2 aromatic rings. The third kappa shape index (κ3) is 2.62. The second-order valence-electron chi connectivity index (χ2n) is 7.40. The van der Waals surface area contributed by atoms with Crippen LogP contribution < -0.4 is 0 Å². The van der Waals surface area contributed by atoms with E-state index in [1.807, 2.05) is 18.2 Å². The molecule has 3 heterocycles. The highest BCUT2D eigenvalue weighted by Crippen LogP contribution is 2.34. The van der Waals surface area contributed by atoms with Crippen molar-refractivity contribution in [1.82, 2.24) is 19.7 Å². The van der Waals surface area contributed by atoms with Crippen LogP contribution in [0.1, 0.15) is 38.9 Å². The summed E-state index contributed by atoms with van der Waals surface area (Å²) in [6.45, 7) is 5.03. The molecule has 0 spiro atoms. The number of fused-ring (bicyclic) bond motifs is 3. The Morgan fingerprint density at radius 2 is 1.92 bits per heavy atom.